The van der Waals surface area contributed by atoms with Crippen molar-refractivity contribution in [1.82, 2.24) is 19.8 Å². The Morgan fingerprint density at radius 2 is 2.21 bits per heavy atom. The highest BCUT2D eigenvalue weighted by Crippen LogP contribution is 2.33. The van der Waals surface area contributed by atoms with Gasteiger partial charge in [-0.3, -0.25) is 4.99 Å². The summed E-state index contributed by atoms with van der Waals surface area (Å²) < 4.78 is 14.0. The Kier molecular flexibility index (Phi) is 5.69. The molecule has 2 atom stereocenters. The third kappa shape index (κ3) is 3.93. The summed E-state index contributed by atoms with van der Waals surface area (Å²) in [6, 6.07) is 6.48. The second-order valence-electron chi connectivity index (χ2n) is 7.48. The van der Waals surface area contributed by atoms with Gasteiger partial charge in [0, 0.05) is 51.1 Å². The van der Waals surface area contributed by atoms with Crippen LogP contribution in [0.1, 0.15) is 31.4 Å². The standard InChI is InChI=1S/C21H29N5O2/c1-16-7-9-25(14-18(16)26-10-8-23-15-26)21(22-2)24-13-17-5-3-6-19-20(17)28-12-4-11-27-19/h3,5-6,8,10,15-16,18H,4,7,9,11-14H2,1-2H3,(H,22,24). The van der Waals surface area contributed by atoms with Gasteiger partial charge in [-0.25, -0.2) is 4.98 Å². The van der Waals surface area contributed by atoms with Crippen molar-refractivity contribution in [2.24, 2.45) is 10.9 Å². The Morgan fingerprint density at radius 3 is 3.04 bits per heavy atom. The summed E-state index contributed by atoms with van der Waals surface area (Å²) in [5, 5.41) is 3.52. The fourth-order valence-electron chi connectivity index (χ4n) is 3.99. The quantitative estimate of drug-likeness (QED) is 0.652. The van der Waals surface area contributed by atoms with Crippen molar-refractivity contribution in [2.75, 3.05) is 33.4 Å². The lowest BCUT2D eigenvalue weighted by molar-refractivity contribution is 0.189. The van der Waals surface area contributed by atoms with Gasteiger partial charge in [0.15, 0.2) is 17.5 Å². The molecular weight excluding hydrogens is 354 g/mol. The number of nitrogens with zero attached hydrogens (tertiary/aromatic N) is 4. The summed E-state index contributed by atoms with van der Waals surface area (Å²) >= 11 is 0. The van der Waals surface area contributed by atoms with Gasteiger partial charge < -0.3 is 24.3 Å². The van der Waals surface area contributed by atoms with Crippen LogP contribution in [0.2, 0.25) is 0 Å². The van der Waals surface area contributed by atoms with Crippen LogP contribution in [0.15, 0.2) is 41.9 Å². The van der Waals surface area contributed by atoms with Crippen molar-refractivity contribution < 1.29 is 9.47 Å². The lowest BCUT2D eigenvalue weighted by Gasteiger charge is -2.39. The number of imidazole rings is 1. The van der Waals surface area contributed by atoms with E-state index in [0.717, 1.165) is 49.0 Å². The van der Waals surface area contributed by atoms with Crippen LogP contribution < -0.4 is 14.8 Å². The van der Waals surface area contributed by atoms with Gasteiger partial charge in [-0.2, -0.15) is 0 Å². The number of guanidine groups is 1. The van der Waals surface area contributed by atoms with E-state index >= 15 is 0 Å². The molecule has 3 heterocycles. The van der Waals surface area contributed by atoms with Gasteiger partial charge in [0.2, 0.25) is 0 Å². The highest BCUT2D eigenvalue weighted by molar-refractivity contribution is 5.80. The number of rotatable bonds is 3. The van der Waals surface area contributed by atoms with Crippen LogP contribution in [0.5, 0.6) is 11.5 Å². The van der Waals surface area contributed by atoms with Gasteiger partial charge in [-0.05, 0) is 18.4 Å². The van der Waals surface area contributed by atoms with E-state index in [4.69, 9.17) is 9.47 Å². The molecule has 4 rings (SSSR count). The minimum atomic E-state index is 0.402. The number of ether oxygens (including phenoxy) is 2. The molecule has 2 aliphatic heterocycles. The molecule has 2 unspecified atom stereocenters. The zero-order valence-corrected chi connectivity index (χ0v) is 16.7. The van der Waals surface area contributed by atoms with E-state index in [1.165, 1.54) is 0 Å². The SMILES string of the molecule is CN=C(NCc1cccc2c1OCCCO2)N1CCC(C)C(n2ccnc2)C1. The molecule has 2 aliphatic rings. The summed E-state index contributed by atoms with van der Waals surface area (Å²) in [6.45, 7) is 6.28. The number of nitrogens with one attached hydrogen (secondary N) is 1. The normalized spacial score (nSPS) is 22.6. The maximum absolute atomic E-state index is 5.94. The predicted octanol–water partition coefficient (Wildman–Crippen LogP) is 2.70. The van der Waals surface area contributed by atoms with Crippen LogP contribution in [0.3, 0.4) is 0 Å². The molecular formula is C21H29N5O2. The number of piperidine rings is 1. The largest absolute Gasteiger partial charge is 0.490 e. The topological polar surface area (TPSA) is 63.9 Å². The molecule has 0 bridgehead atoms. The fourth-order valence-corrected chi connectivity index (χ4v) is 3.99. The van der Waals surface area contributed by atoms with Gasteiger partial charge in [0.1, 0.15) is 0 Å². The zero-order valence-electron chi connectivity index (χ0n) is 16.7. The van der Waals surface area contributed by atoms with Gasteiger partial charge >= 0.3 is 0 Å². The first-order valence-corrected chi connectivity index (χ1v) is 10.1. The Balaban J connectivity index is 1.44. The molecule has 0 saturated carbocycles. The van der Waals surface area contributed by atoms with Crippen molar-refractivity contribution in [1.29, 1.82) is 0 Å². The van der Waals surface area contributed by atoms with Crippen LogP contribution in [0, 0.1) is 5.92 Å². The highest BCUT2D eigenvalue weighted by atomic mass is 16.5. The summed E-state index contributed by atoms with van der Waals surface area (Å²) in [4.78, 5) is 11.1. The van der Waals surface area contributed by atoms with E-state index in [1.807, 2.05) is 31.7 Å². The lowest BCUT2D eigenvalue weighted by Crippen LogP contribution is -2.48. The number of fused-ring (bicyclic) bond motifs is 1. The van der Waals surface area contributed by atoms with E-state index in [-0.39, 0.29) is 0 Å². The van der Waals surface area contributed by atoms with Gasteiger partial charge in [-0.1, -0.05) is 19.1 Å². The molecule has 1 aromatic carbocycles. The molecule has 28 heavy (non-hydrogen) atoms. The molecule has 7 nitrogen and oxygen atoms in total. The molecule has 1 saturated heterocycles. The van der Waals surface area contributed by atoms with Gasteiger partial charge in [-0.15, -0.1) is 0 Å². The molecule has 0 radical (unpaired) electrons. The van der Waals surface area contributed by atoms with Crippen molar-refractivity contribution in [3.05, 3.63) is 42.5 Å². The van der Waals surface area contributed by atoms with Crippen LogP contribution in [-0.2, 0) is 6.54 Å². The van der Waals surface area contributed by atoms with Crippen LogP contribution in [0.4, 0.5) is 0 Å². The zero-order chi connectivity index (χ0) is 19.3. The fraction of sp³-hybridized carbons (Fsp3) is 0.524. The van der Waals surface area contributed by atoms with Crippen molar-refractivity contribution >= 4 is 5.96 Å². The summed E-state index contributed by atoms with van der Waals surface area (Å²) in [7, 11) is 1.84. The number of hydrogen-bond acceptors (Lipinski definition) is 4. The summed E-state index contributed by atoms with van der Waals surface area (Å²) in [5.74, 6) is 3.22. The number of para-hydroxylation sites is 1. The van der Waals surface area contributed by atoms with Crippen LogP contribution in [0.25, 0.3) is 0 Å². The van der Waals surface area contributed by atoms with E-state index in [0.29, 0.717) is 31.7 Å². The summed E-state index contributed by atoms with van der Waals surface area (Å²) in [5.41, 5.74) is 1.09. The number of aromatic nitrogens is 2. The van der Waals surface area contributed by atoms with Crippen LogP contribution >= 0.6 is 0 Å². The molecule has 150 valence electrons. The number of benzene rings is 1. The molecule has 1 N–H and O–H groups in total. The minimum Gasteiger partial charge on any atom is -0.490 e. The number of hydrogen-bond donors (Lipinski definition) is 1. The molecule has 1 aromatic heterocycles. The summed E-state index contributed by atoms with van der Waals surface area (Å²) in [6.07, 6.45) is 7.85. The Morgan fingerprint density at radius 1 is 1.32 bits per heavy atom. The van der Waals surface area contributed by atoms with Crippen molar-refractivity contribution in [3.8, 4) is 11.5 Å². The molecule has 1 fully saturated rings. The molecule has 2 aromatic rings. The second-order valence-corrected chi connectivity index (χ2v) is 7.48. The highest BCUT2D eigenvalue weighted by Gasteiger charge is 2.29. The van der Waals surface area contributed by atoms with E-state index in [9.17, 15) is 0 Å². The Bertz CT molecular complexity index is 805. The van der Waals surface area contributed by atoms with Crippen LogP contribution in [-0.4, -0.2) is 53.8 Å². The first kappa shape index (κ1) is 18.7. The third-order valence-electron chi connectivity index (χ3n) is 5.63. The average molecular weight is 383 g/mol. The maximum Gasteiger partial charge on any atom is 0.193 e. The maximum atomic E-state index is 5.94. The average Bonchev–Trinajstić information content (AvgIpc) is 3.14. The van der Waals surface area contributed by atoms with E-state index < -0.39 is 0 Å². The first-order chi connectivity index (χ1) is 13.8. The smallest absolute Gasteiger partial charge is 0.193 e. The first-order valence-electron chi connectivity index (χ1n) is 10.1. The van der Waals surface area contributed by atoms with Crippen molar-refractivity contribution in [3.63, 3.8) is 0 Å². The predicted molar refractivity (Wildman–Crippen MR) is 109 cm³/mol. The lowest BCUT2D eigenvalue weighted by atomic mass is 9.93. The van der Waals surface area contributed by atoms with Gasteiger partial charge in [0.05, 0.1) is 25.6 Å². The Hall–Kier alpha value is -2.70. The second kappa shape index (κ2) is 8.54. The number of likely N-dealkylation sites (tertiary alicyclic amines) is 1. The molecule has 0 spiro atoms. The molecule has 7 heteroatoms. The number of aliphatic imine (C=N–C) groups is 1. The van der Waals surface area contributed by atoms with E-state index in [1.54, 1.807) is 0 Å². The van der Waals surface area contributed by atoms with Gasteiger partial charge in [0.25, 0.3) is 0 Å². The van der Waals surface area contributed by atoms with E-state index in [2.05, 4.69) is 43.9 Å². The van der Waals surface area contributed by atoms with Crippen molar-refractivity contribution in [2.45, 2.75) is 32.4 Å². The Labute approximate surface area is 166 Å². The molecule has 0 amide bonds. The monoisotopic (exact) mass is 383 g/mol. The third-order valence-corrected chi connectivity index (χ3v) is 5.63. The minimum absolute atomic E-state index is 0.402. The molecule has 0 aliphatic carbocycles.